The van der Waals surface area contributed by atoms with E-state index in [9.17, 15) is 0 Å². The van der Waals surface area contributed by atoms with Crippen LogP contribution in [0.25, 0.3) is 129 Å². The lowest BCUT2D eigenvalue weighted by Gasteiger charge is -2.30. The van der Waals surface area contributed by atoms with Gasteiger partial charge >= 0.3 is 0 Å². The van der Waals surface area contributed by atoms with Gasteiger partial charge in [-0.3, -0.25) is 0 Å². The number of unbranched alkanes of at least 4 members (excludes halogenated alkanes) is 52. The van der Waals surface area contributed by atoms with Crippen molar-refractivity contribution in [1.29, 1.82) is 0 Å². The number of anilines is 2. The minimum Gasteiger partial charge on any atom is -0.385 e. The van der Waals surface area contributed by atoms with Crippen LogP contribution in [0.15, 0.2) is 72.8 Å². The Morgan fingerprint density at radius 1 is 0.140 bits per heavy atom. The van der Waals surface area contributed by atoms with Crippen molar-refractivity contribution in [2.24, 2.45) is 0 Å². The molecule has 0 aromatic heterocycles. The van der Waals surface area contributed by atoms with Gasteiger partial charge in [-0.15, -0.1) is 0 Å². The number of nitrogens with one attached hydrogen (secondary N) is 2. The van der Waals surface area contributed by atoms with Crippen molar-refractivity contribution in [2.45, 2.75) is 440 Å². The lowest BCUT2D eigenvalue weighted by atomic mass is 9.72. The lowest BCUT2D eigenvalue weighted by molar-refractivity contribution is 0.556. The zero-order valence-electron chi connectivity index (χ0n) is 74.2. The quantitative estimate of drug-likeness (QED) is 0.0226. The Labute approximate surface area is 694 Å². The maximum atomic E-state index is 4.25. The smallest absolute Gasteiger partial charge is 0.0353 e. The second kappa shape index (κ2) is 45.9. The number of fused-ring (bicyclic) bond motifs is 6. The molecule has 0 aliphatic rings. The average Bonchev–Trinajstić information content (AvgIpc) is 0.642. The molecule has 13 aromatic carbocycles. The molecule has 114 heavy (non-hydrogen) atoms. The van der Waals surface area contributed by atoms with Crippen LogP contribution in [0.4, 0.5) is 11.4 Å². The van der Waals surface area contributed by atoms with Gasteiger partial charge < -0.3 is 10.6 Å². The number of hydrogen-bond donors (Lipinski definition) is 2. The van der Waals surface area contributed by atoms with Crippen molar-refractivity contribution in [3.05, 3.63) is 95.1 Å². The van der Waals surface area contributed by atoms with Crippen molar-refractivity contribution in [3.8, 4) is 0 Å². The van der Waals surface area contributed by atoms with Gasteiger partial charge in [-0.25, -0.2) is 0 Å². The van der Waals surface area contributed by atoms with E-state index in [1.807, 2.05) is 0 Å². The van der Waals surface area contributed by atoms with Crippen molar-refractivity contribution in [3.63, 3.8) is 0 Å². The summed E-state index contributed by atoms with van der Waals surface area (Å²) in [6, 6.07) is 33.1. The third-order valence-electron chi connectivity index (χ3n) is 28.3. The summed E-state index contributed by atoms with van der Waals surface area (Å²) in [7, 11) is 0. The topological polar surface area (TPSA) is 24.1 Å². The molecule has 0 unspecified atom stereocenters. The number of benzene rings is 13. The van der Waals surface area contributed by atoms with Crippen LogP contribution >= 0.6 is 0 Å². The van der Waals surface area contributed by atoms with Crippen molar-refractivity contribution >= 4 is 141 Å². The standard InChI is InChI=1S/C112H160N2/c1-7-13-19-25-31-37-41-47-53-59-65-83-71-89-90-72-84(66-60-54-48-42-38-32-26-20-14-8-2)74-92-94-76-86(68-62-56-50-44-40-34-28-22-16-10-4)78-96-98-80-88(114-70-64-58-52-46-36-30-24-18-12-6)82-100-99-81-87(113-69-63-57-51-45-35-29-23-17-11-5)79-97-95-77-85(67-61-55-49-43-39-33-27-21-15-9-3)75-93-91(73-83)101(89)107-108(102(90)92)110(104(94)96)112(106(98)100)111(105(97)99)109(107)103(93)95/h71-82,113-114H,7-70H2,1-6H3. The molecule has 0 spiro atoms. The van der Waals surface area contributed by atoms with E-state index in [0.717, 1.165) is 38.8 Å². The van der Waals surface area contributed by atoms with Gasteiger partial charge in [-0.1, -0.05) is 424 Å². The molecule has 0 bridgehead atoms. The van der Waals surface area contributed by atoms with Crippen molar-refractivity contribution in [2.75, 3.05) is 23.7 Å². The van der Waals surface area contributed by atoms with Gasteiger partial charge in [0.2, 0.25) is 0 Å². The molecule has 0 saturated carbocycles. The Morgan fingerprint density at radius 3 is 0.430 bits per heavy atom. The van der Waals surface area contributed by atoms with E-state index >= 15 is 0 Å². The third kappa shape index (κ3) is 21.4. The SMILES string of the molecule is CCCCCCCCCCCCc1cc2c3cc(CCCCCCCCCCCC)cc4c5cc(CCCCCCCCCCCC)cc6c7cc(NCCCCCCCCCCC)cc8c9cc(NCCCCCCCCCCC)cc%10c%11cc(CCCCCCCCCCCC)cc%12c(c1)c2c1c(c34)c(c56)c(c78)c(c%109)c1c%12%11. The van der Waals surface area contributed by atoms with Crippen LogP contribution in [-0.2, 0) is 25.7 Å². The largest absolute Gasteiger partial charge is 0.385 e. The number of aryl methyl sites for hydroxylation is 4. The molecular weight excluding hydrogens is 1370 g/mol. The first-order chi connectivity index (χ1) is 56.5. The molecule has 2 heteroatoms. The van der Waals surface area contributed by atoms with E-state index < -0.39 is 0 Å². The summed E-state index contributed by atoms with van der Waals surface area (Å²) in [5.74, 6) is 0. The Kier molecular flexibility index (Phi) is 34.6. The fraction of sp³-hybridized carbons (Fsp3) is 0.625. The van der Waals surface area contributed by atoms with Crippen LogP contribution in [0, 0.1) is 0 Å². The molecule has 0 radical (unpaired) electrons. The Balaban J connectivity index is 1.01. The number of rotatable bonds is 66. The summed E-state index contributed by atoms with van der Waals surface area (Å²) in [6.07, 6.45) is 83.6. The fourth-order valence-corrected chi connectivity index (χ4v) is 21.9. The highest BCUT2D eigenvalue weighted by Crippen LogP contribution is 2.61. The molecule has 0 aliphatic carbocycles. The monoisotopic (exact) mass is 1530 g/mol. The maximum Gasteiger partial charge on any atom is 0.0353 e. The summed E-state index contributed by atoms with van der Waals surface area (Å²) < 4.78 is 0. The molecule has 618 valence electrons. The van der Waals surface area contributed by atoms with Gasteiger partial charge in [-0.05, 0) is 240 Å². The second-order valence-corrected chi connectivity index (χ2v) is 37.6. The molecule has 13 aromatic rings. The van der Waals surface area contributed by atoms with Crippen molar-refractivity contribution in [1.82, 2.24) is 0 Å². The molecule has 0 atom stereocenters. The molecule has 13 rings (SSSR count). The molecule has 2 N–H and O–H groups in total. The predicted molar refractivity (Wildman–Crippen MR) is 517 cm³/mol. The second-order valence-electron chi connectivity index (χ2n) is 37.6. The summed E-state index contributed by atoms with van der Waals surface area (Å²) in [6.45, 7) is 16.1. The predicted octanol–water partition coefficient (Wildman–Crippen LogP) is 37.9. The number of hydrogen-bond acceptors (Lipinski definition) is 2. The lowest BCUT2D eigenvalue weighted by Crippen LogP contribution is -2.05. The Hall–Kier alpha value is -5.86. The van der Waals surface area contributed by atoms with Crippen LogP contribution in [0.2, 0.25) is 0 Å². The highest BCUT2D eigenvalue weighted by Gasteiger charge is 2.33. The van der Waals surface area contributed by atoms with Crippen LogP contribution in [0.1, 0.15) is 436 Å². The first kappa shape index (κ1) is 86.0. The van der Waals surface area contributed by atoms with E-state index in [-0.39, 0.29) is 0 Å². The first-order valence-electron chi connectivity index (χ1n) is 50.3. The van der Waals surface area contributed by atoms with E-state index in [4.69, 9.17) is 0 Å². The minimum absolute atomic E-state index is 1.02. The van der Waals surface area contributed by atoms with Crippen LogP contribution in [0.5, 0.6) is 0 Å². The van der Waals surface area contributed by atoms with Crippen molar-refractivity contribution < 1.29 is 0 Å². The van der Waals surface area contributed by atoms with E-state index in [0.29, 0.717) is 0 Å². The molecule has 0 amide bonds. The van der Waals surface area contributed by atoms with Gasteiger partial charge in [0.25, 0.3) is 0 Å². The van der Waals surface area contributed by atoms with E-state index in [1.165, 1.54) is 448 Å². The fourth-order valence-electron chi connectivity index (χ4n) is 21.9. The normalized spacial score (nSPS) is 12.6. The zero-order chi connectivity index (χ0) is 78.5. The van der Waals surface area contributed by atoms with Gasteiger partial charge in [0.15, 0.2) is 0 Å². The minimum atomic E-state index is 1.02. The molecule has 0 heterocycles. The molecule has 0 fully saturated rings. The molecule has 2 nitrogen and oxygen atoms in total. The Bertz CT molecular complexity index is 3880. The van der Waals surface area contributed by atoms with Gasteiger partial charge in [0, 0.05) is 24.5 Å². The van der Waals surface area contributed by atoms with Crippen LogP contribution < -0.4 is 10.6 Å². The average molecular weight is 1530 g/mol. The van der Waals surface area contributed by atoms with Gasteiger partial charge in [-0.2, -0.15) is 0 Å². The van der Waals surface area contributed by atoms with Crippen LogP contribution in [0.3, 0.4) is 0 Å². The molecule has 0 saturated heterocycles. The Morgan fingerprint density at radius 2 is 0.272 bits per heavy atom. The molecular formula is C112H160N2. The summed E-state index contributed by atoms with van der Waals surface area (Å²) in [4.78, 5) is 0. The van der Waals surface area contributed by atoms with E-state index in [1.54, 1.807) is 86.9 Å². The third-order valence-corrected chi connectivity index (χ3v) is 28.3. The van der Waals surface area contributed by atoms with Crippen LogP contribution in [-0.4, -0.2) is 13.1 Å². The maximum absolute atomic E-state index is 4.25. The zero-order valence-corrected chi connectivity index (χ0v) is 74.2. The highest BCUT2D eigenvalue weighted by atomic mass is 14.9. The summed E-state index contributed by atoms with van der Waals surface area (Å²) in [5.41, 5.74) is 8.86. The molecule has 0 aliphatic heterocycles. The van der Waals surface area contributed by atoms with Gasteiger partial charge in [0.1, 0.15) is 0 Å². The summed E-state index contributed by atoms with van der Waals surface area (Å²) >= 11 is 0. The first-order valence-corrected chi connectivity index (χ1v) is 50.3. The van der Waals surface area contributed by atoms with Gasteiger partial charge in [0.05, 0.1) is 0 Å². The summed E-state index contributed by atoms with van der Waals surface area (Å²) in [5, 5.41) is 45.3. The van der Waals surface area contributed by atoms with E-state index in [2.05, 4.69) is 125 Å². The highest BCUT2D eigenvalue weighted by molar-refractivity contribution is 6.61.